The standard InChI is InChI=1S/C8H15NO2.C6H11NO/c1-6(2)8(10)11-7(3)9(4)5;1-4-6(8)7-5(2)3/h7H,1H2,2-5H3;4-5H,1H2,2-3H3,(H,7,8). The van der Waals surface area contributed by atoms with E-state index in [1.54, 1.807) is 18.7 Å². The van der Waals surface area contributed by atoms with Crippen LogP contribution in [0.5, 0.6) is 0 Å². The zero-order valence-electron chi connectivity index (χ0n) is 12.8. The Kier molecular flexibility index (Phi) is 10.7. The van der Waals surface area contributed by atoms with Gasteiger partial charge in [-0.2, -0.15) is 0 Å². The van der Waals surface area contributed by atoms with Crippen LogP contribution in [-0.2, 0) is 14.3 Å². The van der Waals surface area contributed by atoms with Crippen LogP contribution < -0.4 is 5.32 Å². The van der Waals surface area contributed by atoms with Gasteiger partial charge in [0.2, 0.25) is 5.91 Å². The number of nitrogens with one attached hydrogen (secondary N) is 1. The number of carbonyl (C=O) groups excluding carboxylic acids is 2. The average molecular weight is 270 g/mol. The molecule has 0 rings (SSSR count). The van der Waals surface area contributed by atoms with Crippen LogP contribution in [0.3, 0.4) is 0 Å². The molecule has 0 aromatic carbocycles. The third-order valence-electron chi connectivity index (χ3n) is 1.97. The van der Waals surface area contributed by atoms with Crippen molar-refractivity contribution < 1.29 is 14.3 Å². The Labute approximate surface area is 116 Å². The van der Waals surface area contributed by atoms with Gasteiger partial charge in [-0.05, 0) is 47.9 Å². The van der Waals surface area contributed by atoms with Crippen LogP contribution in [-0.4, -0.2) is 43.1 Å². The minimum atomic E-state index is -0.341. The van der Waals surface area contributed by atoms with Crippen molar-refractivity contribution >= 4 is 11.9 Å². The van der Waals surface area contributed by atoms with E-state index in [1.807, 2.05) is 27.9 Å². The molecule has 19 heavy (non-hydrogen) atoms. The van der Waals surface area contributed by atoms with Gasteiger partial charge in [-0.25, -0.2) is 4.79 Å². The molecule has 0 spiro atoms. The van der Waals surface area contributed by atoms with Crippen LogP contribution in [0.15, 0.2) is 24.8 Å². The fraction of sp³-hybridized carbons (Fsp3) is 0.571. The lowest BCUT2D eigenvalue weighted by molar-refractivity contribution is -0.150. The van der Waals surface area contributed by atoms with E-state index in [9.17, 15) is 9.59 Å². The highest BCUT2D eigenvalue weighted by Gasteiger charge is 2.10. The van der Waals surface area contributed by atoms with Crippen molar-refractivity contribution in [3.05, 3.63) is 24.8 Å². The molecule has 5 nitrogen and oxygen atoms in total. The van der Waals surface area contributed by atoms with E-state index in [4.69, 9.17) is 4.74 Å². The first-order chi connectivity index (χ1) is 8.61. The first kappa shape index (κ1) is 19.7. The van der Waals surface area contributed by atoms with Gasteiger partial charge >= 0.3 is 5.97 Å². The Morgan fingerprint density at radius 1 is 1.26 bits per heavy atom. The predicted octanol–water partition coefficient (Wildman–Crippen LogP) is 1.71. The van der Waals surface area contributed by atoms with Crippen LogP contribution in [0, 0.1) is 0 Å². The zero-order valence-corrected chi connectivity index (χ0v) is 12.8. The molecule has 0 fully saturated rings. The van der Waals surface area contributed by atoms with E-state index in [0.29, 0.717) is 5.57 Å². The van der Waals surface area contributed by atoms with Crippen LogP contribution in [0.1, 0.15) is 27.7 Å². The van der Waals surface area contributed by atoms with Crippen LogP contribution in [0.25, 0.3) is 0 Å². The maximum Gasteiger partial charge on any atom is 0.334 e. The normalized spacial score (nSPS) is 11.2. The Balaban J connectivity index is 0. The number of hydrogen-bond donors (Lipinski definition) is 1. The third kappa shape index (κ3) is 12.6. The molecular weight excluding hydrogens is 244 g/mol. The summed E-state index contributed by atoms with van der Waals surface area (Å²) in [6.45, 7) is 14.0. The summed E-state index contributed by atoms with van der Waals surface area (Å²) in [4.78, 5) is 23.1. The number of amides is 1. The van der Waals surface area contributed by atoms with Gasteiger partial charge in [-0.1, -0.05) is 13.2 Å². The first-order valence-corrected chi connectivity index (χ1v) is 6.07. The topological polar surface area (TPSA) is 58.6 Å². The van der Waals surface area contributed by atoms with Crippen molar-refractivity contribution in [3.63, 3.8) is 0 Å². The maximum atomic E-state index is 10.9. The number of carbonyl (C=O) groups is 2. The second-order valence-electron chi connectivity index (χ2n) is 4.62. The zero-order chi connectivity index (χ0) is 15.6. The second kappa shape index (κ2) is 10.3. The summed E-state index contributed by atoms with van der Waals surface area (Å²) in [6.07, 6.45) is 1.07. The van der Waals surface area contributed by atoms with Crippen LogP contribution >= 0.6 is 0 Å². The van der Waals surface area contributed by atoms with Crippen molar-refractivity contribution in [2.24, 2.45) is 0 Å². The molecule has 5 heteroatoms. The molecule has 0 aliphatic rings. The lowest BCUT2D eigenvalue weighted by atomic mass is 10.4. The Bertz CT molecular complexity index is 323. The summed E-state index contributed by atoms with van der Waals surface area (Å²) >= 11 is 0. The van der Waals surface area contributed by atoms with Gasteiger partial charge in [0.1, 0.15) is 0 Å². The predicted molar refractivity (Wildman–Crippen MR) is 77.5 cm³/mol. The van der Waals surface area contributed by atoms with E-state index >= 15 is 0 Å². The molecule has 1 atom stereocenters. The summed E-state index contributed by atoms with van der Waals surface area (Å²) in [5.41, 5.74) is 0.429. The van der Waals surface area contributed by atoms with E-state index in [2.05, 4.69) is 18.5 Å². The number of rotatable bonds is 5. The molecule has 0 aliphatic heterocycles. The summed E-state index contributed by atoms with van der Waals surface area (Å²) < 4.78 is 4.96. The van der Waals surface area contributed by atoms with Crippen molar-refractivity contribution in [3.8, 4) is 0 Å². The summed E-state index contributed by atoms with van der Waals surface area (Å²) in [7, 11) is 3.69. The molecule has 0 saturated heterocycles. The Hall–Kier alpha value is -1.62. The number of esters is 1. The van der Waals surface area contributed by atoms with Gasteiger partial charge in [0.25, 0.3) is 0 Å². The molecule has 0 aromatic rings. The quantitative estimate of drug-likeness (QED) is 0.469. The fourth-order valence-electron chi connectivity index (χ4n) is 0.704. The van der Waals surface area contributed by atoms with E-state index in [1.165, 1.54) is 6.08 Å². The molecule has 0 saturated carbocycles. The lowest BCUT2D eigenvalue weighted by Gasteiger charge is -2.19. The maximum absolute atomic E-state index is 10.9. The molecule has 0 aliphatic carbocycles. The van der Waals surface area contributed by atoms with Gasteiger partial charge in [0.15, 0.2) is 6.23 Å². The summed E-state index contributed by atoms with van der Waals surface area (Å²) in [6, 6.07) is 0.209. The van der Waals surface area contributed by atoms with Crippen molar-refractivity contribution in [2.75, 3.05) is 14.1 Å². The Morgan fingerprint density at radius 3 is 1.95 bits per heavy atom. The van der Waals surface area contributed by atoms with Gasteiger partial charge in [0, 0.05) is 11.6 Å². The van der Waals surface area contributed by atoms with Crippen LogP contribution in [0.4, 0.5) is 0 Å². The Morgan fingerprint density at radius 2 is 1.74 bits per heavy atom. The van der Waals surface area contributed by atoms with E-state index in [-0.39, 0.29) is 24.1 Å². The third-order valence-corrected chi connectivity index (χ3v) is 1.97. The smallest absolute Gasteiger partial charge is 0.334 e. The van der Waals surface area contributed by atoms with E-state index < -0.39 is 0 Å². The number of ether oxygens (including phenoxy) is 1. The van der Waals surface area contributed by atoms with Crippen molar-refractivity contribution in [1.29, 1.82) is 0 Å². The molecule has 0 bridgehead atoms. The molecule has 0 radical (unpaired) electrons. The molecule has 1 N–H and O–H groups in total. The molecule has 0 aromatic heterocycles. The molecule has 110 valence electrons. The van der Waals surface area contributed by atoms with Crippen LogP contribution in [0.2, 0.25) is 0 Å². The molecular formula is C14H26N2O3. The van der Waals surface area contributed by atoms with Gasteiger partial charge in [-0.3, -0.25) is 9.69 Å². The number of nitrogens with zero attached hydrogens (tertiary/aromatic N) is 1. The monoisotopic (exact) mass is 270 g/mol. The highest BCUT2D eigenvalue weighted by Crippen LogP contribution is 1.99. The highest BCUT2D eigenvalue weighted by atomic mass is 16.6. The summed E-state index contributed by atoms with van der Waals surface area (Å²) in [5.74, 6) is -0.453. The van der Waals surface area contributed by atoms with Gasteiger partial charge in [0.05, 0.1) is 0 Å². The van der Waals surface area contributed by atoms with E-state index in [0.717, 1.165) is 0 Å². The highest BCUT2D eigenvalue weighted by molar-refractivity contribution is 5.87. The minimum absolute atomic E-state index is 0.111. The average Bonchev–Trinajstić information content (AvgIpc) is 2.28. The van der Waals surface area contributed by atoms with Gasteiger partial charge in [-0.15, -0.1) is 0 Å². The summed E-state index contributed by atoms with van der Waals surface area (Å²) in [5, 5.41) is 2.64. The van der Waals surface area contributed by atoms with Gasteiger partial charge < -0.3 is 10.1 Å². The second-order valence-corrected chi connectivity index (χ2v) is 4.62. The largest absolute Gasteiger partial charge is 0.443 e. The van der Waals surface area contributed by atoms with Crippen molar-refractivity contribution in [2.45, 2.75) is 40.0 Å². The molecule has 1 unspecified atom stereocenters. The minimum Gasteiger partial charge on any atom is -0.443 e. The SMILES string of the molecule is C=C(C)C(=O)OC(C)N(C)C.C=CC(=O)NC(C)C. The lowest BCUT2D eigenvalue weighted by Crippen LogP contribution is -2.30. The molecule has 0 heterocycles. The van der Waals surface area contributed by atoms with Crippen molar-refractivity contribution in [1.82, 2.24) is 10.2 Å². The fourth-order valence-corrected chi connectivity index (χ4v) is 0.704. The number of hydrogen-bond acceptors (Lipinski definition) is 4. The molecule has 1 amide bonds. The first-order valence-electron chi connectivity index (χ1n) is 6.07.